The van der Waals surface area contributed by atoms with Crippen molar-refractivity contribution in [2.24, 2.45) is 0 Å². The van der Waals surface area contributed by atoms with Gasteiger partial charge in [-0.25, -0.2) is 4.98 Å². The van der Waals surface area contributed by atoms with Gasteiger partial charge in [0.05, 0.1) is 6.04 Å². The minimum absolute atomic E-state index is 0.0287. The number of amides is 2. The molecule has 9 nitrogen and oxygen atoms in total. The van der Waals surface area contributed by atoms with Crippen LogP contribution < -0.4 is 10.6 Å². The predicted molar refractivity (Wildman–Crippen MR) is 143 cm³/mol. The van der Waals surface area contributed by atoms with Crippen LogP contribution in [0.5, 0.6) is 0 Å². The highest BCUT2D eigenvalue weighted by Gasteiger charge is 2.28. The third kappa shape index (κ3) is 4.22. The van der Waals surface area contributed by atoms with Crippen molar-refractivity contribution in [3.05, 3.63) is 92.7 Å². The minimum Gasteiger partial charge on any atom is -0.347 e. The van der Waals surface area contributed by atoms with Crippen molar-refractivity contribution in [1.29, 1.82) is 0 Å². The smallest absolute Gasteiger partial charge is 0.270 e. The maximum Gasteiger partial charge on any atom is 0.270 e. The highest BCUT2D eigenvalue weighted by atomic mass is 32.1. The number of aromatic nitrogens is 4. The Hall–Kier alpha value is -4.44. The van der Waals surface area contributed by atoms with Crippen molar-refractivity contribution < 1.29 is 14.4 Å². The van der Waals surface area contributed by atoms with E-state index in [0.717, 1.165) is 40.5 Å². The normalized spacial score (nSPS) is 14.5. The van der Waals surface area contributed by atoms with Gasteiger partial charge >= 0.3 is 0 Å². The maximum atomic E-state index is 13.4. The summed E-state index contributed by atoms with van der Waals surface area (Å²) in [6.45, 7) is 3.84. The third-order valence-corrected chi connectivity index (χ3v) is 7.87. The minimum atomic E-state index is -0.409. The van der Waals surface area contributed by atoms with Crippen LogP contribution in [0.3, 0.4) is 0 Å². The Balaban J connectivity index is 1.23. The summed E-state index contributed by atoms with van der Waals surface area (Å²) in [7, 11) is 0. The van der Waals surface area contributed by atoms with Crippen LogP contribution in [0.4, 0.5) is 0 Å². The number of thiophene rings is 1. The fourth-order valence-electron chi connectivity index (χ4n) is 5.13. The van der Waals surface area contributed by atoms with E-state index in [4.69, 9.17) is 0 Å². The largest absolute Gasteiger partial charge is 0.347 e. The molecule has 38 heavy (non-hydrogen) atoms. The number of benzene rings is 2. The maximum absolute atomic E-state index is 13.4. The molecule has 190 valence electrons. The first-order chi connectivity index (χ1) is 18.4. The third-order valence-electron chi connectivity index (χ3n) is 7.09. The van der Waals surface area contributed by atoms with Crippen molar-refractivity contribution in [2.45, 2.75) is 39.3 Å². The average Bonchev–Trinajstić information content (AvgIpc) is 3.66. The van der Waals surface area contributed by atoms with Gasteiger partial charge in [0.2, 0.25) is 0 Å². The van der Waals surface area contributed by atoms with Crippen LogP contribution >= 0.6 is 11.3 Å². The van der Waals surface area contributed by atoms with Gasteiger partial charge in [0.25, 0.3) is 17.6 Å². The van der Waals surface area contributed by atoms with E-state index in [1.807, 2.05) is 37.3 Å². The zero-order valence-electron chi connectivity index (χ0n) is 20.8. The first-order valence-electron chi connectivity index (χ1n) is 12.3. The summed E-state index contributed by atoms with van der Waals surface area (Å²) in [5, 5.41) is 16.5. The van der Waals surface area contributed by atoms with E-state index in [-0.39, 0.29) is 34.9 Å². The van der Waals surface area contributed by atoms with E-state index < -0.39 is 5.91 Å². The van der Waals surface area contributed by atoms with Crippen LogP contribution in [0.1, 0.15) is 73.0 Å². The molecule has 0 spiro atoms. The van der Waals surface area contributed by atoms with E-state index in [1.165, 1.54) is 22.3 Å². The van der Waals surface area contributed by atoms with Crippen molar-refractivity contribution in [2.75, 3.05) is 0 Å². The van der Waals surface area contributed by atoms with Gasteiger partial charge in [-0.1, -0.05) is 24.3 Å². The SMILES string of the molecule is CC(=O)c1ccc2c(c1C)CC[C@@H]2NC(=O)c1cc(C(=O)NCc2ccc3cscc3c2)nc2ncnn12. The molecule has 2 aromatic carbocycles. The second-order valence-electron chi connectivity index (χ2n) is 9.44. The number of carbonyl (C=O) groups excluding carboxylic acids is 3. The quantitative estimate of drug-likeness (QED) is 0.322. The van der Waals surface area contributed by atoms with Gasteiger partial charge in [-0.3, -0.25) is 14.4 Å². The van der Waals surface area contributed by atoms with Crippen LogP contribution in [-0.4, -0.2) is 37.2 Å². The molecule has 10 heteroatoms. The Bertz CT molecular complexity index is 1750. The highest BCUT2D eigenvalue weighted by Crippen LogP contribution is 2.35. The topological polar surface area (TPSA) is 118 Å². The number of Topliss-reactive ketones (excluding diaryl/α,β-unsaturated/α-hetero) is 1. The van der Waals surface area contributed by atoms with Crippen molar-refractivity contribution >= 4 is 45.5 Å². The Morgan fingerprint density at radius 3 is 2.76 bits per heavy atom. The number of ketones is 1. The van der Waals surface area contributed by atoms with E-state index in [1.54, 1.807) is 18.3 Å². The van der Waals surface area contributed by atoms with E-state index >= 15 is 0 Å². The molecule has 3 heterocycles. The molecule has 0 saturated carbocycles. The van der Waals surface area contributed by atoms with Gasteiger partial charge in [-0.15, -0.1) is 0 Å². The Labute approximate surface area is 221 Å². The predicted octanol–water partition coefficient (Wildman–Crippen LogP) is 4.20. The van der Waals surface area contributed by atoms with Crippen molar-refractivity contribution in [1.82, 2.24) is 30.2 Å². The molecule has 0 radical (unpaired) electrons. The molecule has 6 rings (SSSR count). The van der Waals surface area contributed by atoms with Crippen LogP contribution in [0.15, 0.2) is 53.5 Å². The number of carbonyl (C=O) groups is 3. The molecule has 2 amide bonds. The van der Waals surface area contributed by atoms with Gasteiger partial charge in [0.1, 0.15) is 17.7 Å². The molecule has 3 aromatic heterocycles. The summed E-state index contributed by atoms with van der Waals surface area (Å²) in [6, 6.07) is 11.0. The summed E-state index contributed by atoms with van der Waals surface area (Å²) in [5.74, 6) is -0.600. The van der Waals surface area contributed by atoms with Crippen molar-refractivity contribution in [3.63, 3.8) is 0 Å². The number of hydrogen-bond donors (Lipinski definition) is 2. The Kier molecular flexibility index (Phi) is 5.96. The number of fused-ring (bicyclic) bond motifs is 3. The molecule has 0 aliphatic heterocycles. The zero-order chi connectivity index (χ0) is 26.4. The van der Waals surface area contributed by atoms with Crippen LogP contribution in [0, 0.1) is 6.92 Å². The van der Waals surface area contributed by atoms with E-state index in [9.17, 15) is 14.4 Å². The highest BCUT2D eigenvalue weighted by molar-refractivity contribution is 7.09. The first-order valence-corrected chi connectivity index (χ1v) is 13.2. The molecule has 5 aromatic rings. The summed E-state index contributed by atoms with van der Waals surface area (Å²) < 4.78 is 1.33. The van der Waals surface area contributed by atoms with Gasteiger partial charge in [0.15, 0.2) is 5.78 Å². The molecule has 0 saturated heterocycles. The standard InChI is InChI=1S/C28H24N6O3S/c1-15-20(16(2)35)5-6-22-21(15)7-8-23(22)32-27(37)25-10-24(33-28-30-14-31-34(25)28)26(36)29-11-17-3-4-18-12-38-13-19(18)9-17/h3-6,9-10,12-14,23H,7-8,11H2,1-2H3,(H,29,36)(H,32,37)/t23-/m0/s1. The molecule has 1 aliphatic rings. The number of nitrogens with zero attached hydrogens (tertiary/aromatic N) is 4. The summed E-state index contributed by atoms with van der Waals surface area (Å²) in [5.41, 5.74) is 5.00. The van der Waals surface area contributed by atoms with Gasteiger partial charge < -0.3 is 10.6 Å². The van der Waals surface area contributed by atoms with E-state index in [2.05, 4.69) is 36.5 Å². The molecular formula is C28H24N6O3S. The van der Waals surface area contributed by atoms with Crippen LogP contribution in [0.2, 0.25) is 0 Å². The molecule has 0 fully saturated rings. The monoisotopic (exact) mass is 524 g/mol. The lowest BCUT2D eigenvalue weighted by atomic mass is 9.96. The Morgan fingerprint density at radius 2 is 1.92 bits per heavy atom. The van der Waals surface area contributed by atoms with Crippen LogP contribution in [0.25, 0.3) is 16.6 Å². The molecular weight excluding hydrogens is 500 g/mol. The summed E-state index contributed by atoms with van der Waals surface area (Å²) in [6.07, 6.45) is 2.79. The summed E-state index contributed by atoms with van der Waals surface area (Å²) >= 11 is 1.63. The molecule has 0 unspecified atom stereocenters. The number of nitrogens with one attached hydrogen (secondary N) is 2. The fraction of sp³-hybridized carbons (Fsp3) is 0.214. The Morgan fingerprint density at radius 1 is 1.08 bits per heavy atom. The summed E-state index contributed by atoms with van der Waals surface area (Å²) in [4.78, 5) is 46.8. The van der Waals surface area contributed by atoms with Gasteiger partial charge in [-0.05, 0) is 76.5 Å². The van der Waals surface area contributed by atoms with Gasteiger partial charge in [-0.2, -0.15) is 25.9 Å². The molecule has 1 aliphatic carbocycles. The van der Waals surface area contributed by atoms with Crippen molar-refractivity contribution in [3.8, 4) is 0 Å². The van der Waals surface area contributed by atoms with Crippen LogP contribution in [-0.2, 0) is 13.0 Å². The van der Waals surface area contributed by atoms with E-state index in [0.29, 0.717) is 12.1 Å². The zero-order valence-corrected chi connectivity index (χ0v) is 21.6. The fourth-order valence-corrected chi connectivity index (χ4v) is 5.91. The second-order valence-corrected chi connectivity index (χ2v) is 10.2. The molecule has 0 bridgehead atoms. The second kappa shape index (κ2) is 9.46. The first kappa shape index (κ1) is 23.9. The molecule has 1 atom stereocenters. The average molecular weight is 525 g/mol. The lowest BCUT2D eigenvalue weighted by Gasteiger charge is -2.16. The number of hydrogen-bond acceptors (Lipinski definition) is 7. The number of rotatable bonds is 6. The molecule has 2 N–H and O–H groups in total. The lowest BCUT2D eigenvalue weighted by molar-refractivity contribution is 0.0927. The van der Waals surface area contributed by atoms with Gasteiger partial charge in [0, 0.05) is 18.2 Å². The lowest BCUT2D eigenvalue weighted by Crippen LogP contribution is -2.30.